The molecule has 7 heteroatoms. The molecule has 0 saturated carbocycles. The zero-order valence-corrected chi connectivity index (χ0v) is 15.0. The molecule has 1 aromatic heterocycles. The highest BCUT2D eigenvalue weighted by Crippen LogP contribution is 2.19. The topological polar surface area (TPSA) is 53.5 Å². The summed E-state index contributed by atoms with van der Waals surface area (Å²) in [6.07, 6.45) is 2.19. The van der Waals surface area contributed by atoms with Crippen LogP contribution in [0, 0.1) is 12.7 Å². The molecule has 25 heavy (non-hydrogen) atoms. The zero-order chi connectivity index (χ0) is 17.9. The van der Waals surface area contributed by atoms with Gasteiger partial charge >= 0.3 is 0 Å². The summed E-state index contributed by atoms with van der Waals surface area (Å²) >= 11 is 0. The molecular weight excluding hydrogens is 341 g/mol. The number of aryl methyl sites for hydroxylation is 1. The lowest BCUT2D eigenvalue weighted by atomic mass is 10.2. The van der Waals surface area contributed by atoms with E-state index in [4.69, 9.17) is 0 Å². The Morgan fingerprint density at radius 1 is 1.08 bits per heavy atom. The number of hydrogen-bond donors (Lipinski definition) is 0. The molecule has 134 valence electrons. The highest BCUT2D eigenvalue weighted by molar-refractivity contribution is 7.88. The molecule has 1 aliphatic rings. The van der Waals surface area contributed by atoms with Crippen molar-refractivity contribution in [3.8, 4) is 0 Å². The molecule has 0 bridgehead atoms. The van der Waals surface area contributed by atoms with Gasteiger partial charge in [0.25, 0.3) is 0 Å². The van der Waals surface area contributed by atoms with E-state index in [9.17, 15) is 12.8 Å². The van der Waals surface area contributed by atoms with Crippen molar-refractivity contribution in [3.63, 3.8) is 0 Å². The van der Waals surface area contributed by atoms with Gasteiger partial charge in [0.1, 0.15) is 0 Å². The third-order valence-electron chi connectivity index (χ3n) is 4.36. The Labute approximate surface area is 148 Å². The largest absolute Gasteiger partial charge is 0.353 e. The van der Waals surface area contributed by atoms with Gasteiger partial charge in [-0.05, 0) is 31.0 Å². The molecule has 0 unspecified atom stereocenters. The van der Waals surface area contributed by atoms with Gasteiger partial charge in [-0.2, -0.15) is 4.31 Å². The van der Waals surface area contributed by atoms with Gasteiger partial charge < -0.3 is 4.90 Å². The minimum atomic E-state index is -3.40. The van der Waals surface area contributed by atoms with Crippen LogP contribution in [0.25, 0.3) is 0 Å². The van der Waals surface area contributed by atoms with Crippen LogP contribution in [0.4, 0.5) is 10.2 Å². The van der Waals surface area contributed by atoms with E-state index in [1.165, 1.54) is 10.4 Å². The van der Waals surface area contributed by atoms with E-state index in [-0.39, 0.29) is 11.6 Å². The first-order valence-electron chi connectivity index (χ1n) is 8.34. The number of anilines is 1. The summed E-state index contributed by atoms with van der Waals surface area (Å²) in [6, 6.07) is 10.5. The van der Waals surface area contributed by atoms with Gasteiger partial charge in [-0.3, -0.25) is 0 Å². The van der Waals surface area contributed by atoms with Gasteiger partial charge in [0.05, 0.1) is 5.75 Å². The zero-order valence-electron chi connectivity index (χ0n) is 14.2. The molecule has 0 radical (unpaired) electrons. The fraction of sp³-hybridized carbons (Fsp3) is 0.389. The summed E-state index contributed by atoms with van der Waals surface area (Å²) < 4.78 is 40.9. The van der Waals surface area contributed by atoms with Crippen LogP contribution in [-0.2, 0) is 15.8 Å². The van der Waals surface area contributed by atoms with Crippen LogP contribution in [0.5, 0.6) is 0 Å². The van der Waals surface area contributed by atoms with Gasteiger partial charge in [-0.15, -0.1) is 0 Å². The normalized spacial score (nSPS) is 16.6. The number of nitrogens with zero attached hydrogens (tertiary/aromatic N) is 3. The molecule has 2 aromatic rings. The van der Waals surface area contributed by atoms with Crippen molar-refractivity contribution in [2.24, 2.45) is 0 Å². The summed E-state index contributed by atoms with van der Waals surface area (Å²) in [5.41, 5.74) is 1.88. The minimum Gasteiger partial charge on any atom is -0.353 e. The second-order valence-corrected chi connectivity index (χ2v) is 8.26. The van der Waals surface area contributed by atoms with Gasteiger partial charge in [0, 0.05) is 32.4 Å². The van der Waals surface area contributed by atoms with Gasteiger partial charge in [-0.25, -0.2) is 17.8 Å². The Hall–Kier alpha value is -1.99. The van der Waals surface area contributed by atoms with E-state index in [2.05, 4.69) is 4.98 Å². The molecule has 0 aliphatic carbocycles. The molecule has 5 nitrogen and oxygen atoms in total. The van der Waals surface area contributed by atoms with E-state index in [1.807, 2.05) is 36.1 Å². The lowest BCUT2D eigenvalue weighted by Crippen LogP contribution is -2.36. The lowest BCUT2D eigenvalue weighted by molar-refractivity contribution is 0.432. The van der Waals surface area contributed by atoms with E-state index in [1.54, 1.807) is 12.3 Å². The maximum absolute atomic E-state index is 13.9. The standard InChI is InChI=1S/C18H22FN3O2S/c1-15-5-7-16(8-6-15)14-25(23,24)22-11-3-10-21(12-13-22)18-17(19)4-2-9-20-18/h2,4-9H,3,10-14H2,1H3. The van der Waals surface area contributed by atoms with Crippen molar-refractivity contribution in [3.05, 3.63) is 59.5 Å². The summed E-state index contributed by atoms with van der Waals surface area (Å²) in [4.78, 5) is 5.91. The minimum absolute atomic E-state index is 0.00870. The lowest BCUT2D eigenvalue weighted by Gasteiger charge is -2.23. The molecule has 1 aromatic carbocycles. The summed E-state index contributed by atoms with van der Waals surface area (Å²) in [7, 11) is -3.40. The second-order valence-electron chi connectivity index (χ2n) is 6.29. The highest BCUT2D eigenvalue weighted by Gasteiger charge is 2.26. The third kappa shape index (κ3) is 4.35. The molecule has 0 atom stereocenters. The molecular formula is C18H22FN3O2S. The Bertz CT molecular complexity index is 824. The van der Waals surface area contributed by atoms with E-state index in [0.29, 0.717) is 38.4 Å². The predicted molar refractivity (Wildman–Crippen MR) is 96.4 cm³/mol. The van der Waals surface area contributed by atoms with Crippen molar-refractivity contribution in [1.29, 1.82) is 0 Å². The average molecular weight is 363 g/mol. The van der Waals surface area contributed by atoms with Gasteiger partial charge in [0.15, 0.2) is 11.6 Å². The van der Waals surface area contributed by atoms with Crippen LogP contribution in [-0.4, -0.2) is 43.9 Å². The van der Waals surface area contributed by atoms with Crippen molar-refractivity contribution in [2.75, 3.05) is 31.1 Å². The van der Waals surface area contributed by atoms with Crippen molar-refractivity contribution in [1.82, 2.24) is 9.29 Å². The maximum Gasteiger partial charge on any atom is 0.218 e. The smallest absolute Gasteiger partial charge is 0.218 e. The molecule has 0 spiro atoms. The van der Waals surface area contributed by atoms with Crippen LogP contribution in [0.2, 0.25) is 0 Å². The molecule has 0 N–H and O–H groups in total. The second kappa shape index (κ2) is 7.49. The van der Waals surface area contributed by atoms with Crippen molar-refractivity contribution in [2.45, 2.75) is 19.1 Å². The van der Waals surface area contributed by atoms with Crippen LogP contribution < -0.4 is 4.90 Å². The molecule has 2 heterocycles. The maximum atomic E-state index is 13.9. The number of hydrogen-bond acceptors (Lipinski definition) is 4. The van der Waals surface area contributed by atoms with Crippen LogP contribution in [0.15, 0.2) is 42.6 Å². The monoisotopic (exact) mass is 363 g/mol. The molecule has 1 fully saturated rings. The average Bonchev–Trinajstić information content (AvgIpc) is 2.84. The fourth-order valence-corrected chi connectivity index (χ4v) is 4.54. The molecule has 3 rings (SSSR count). The van der Waals surface area contributed by atoms with Gasteiger partial charge in [-0.1, -0.05) is 29.8 Å². The summed E-state index contributed by atoms with van der Waals surface area (Å²) in [5.74, 6) is -0.0932. The Balaban J connectivity index is 1.69. The summed E-state index contributed by atoms with van der Waals surface area (Å²) in [5, 5.41) is 0. The highest BCUT2D eigenvalue weighted by atomic mass is 32.2. The molecule has 0 amide bonds. The van der Waals surface area contributed by atoms with Crippen molar-refractivity contribution >= 4 is 15.8 Å². The number of benzene rings is 1. The molecule has 1 saturated heterocycles. The first-order chi connectivity index (χ1) is 12.0. The third-order valence-corrected chi connectivity index (χ3v) is 6.21. The first-order valence-corrected chi connectivity index (χ1v) is 9.95. The number of halogens is 1. The number of rotatable bonds is 4. The van der Waals surface area contributed by atoms with E-state index in [0.717, 1.165) is 11.1 Å². The molecule has 1 aliphatic heterocycles. The van der Waals surface area contributed by atoms with Crippen LogP contribution >= 0.6 is 0 Å². The van der Waals surface area contributed by atoms with Gasteiger partial charge in [0.2, 0.25) is 10.0 Å². The Morgan fingerprint density at radius 2 is 1.84 bits per heavy atom. The fourth-order valence-electron chi connectivity index (χ4n) is 2.98. The Morgan fingerprint density at radius 3 is 2.56 bits per heavy atom. The SMILES string of the molecule is Cc1ccc(CS(=O)(=O)N2CCCN(c3ncccc3F)CC2)cc1. The van der Waals surface area contributed by atoms with Crippen LogP contribution in [0.3, 0.4) is 0 Å². The first kappa shape index (κ1) is 17.8. The predicted octanol–water partition coefficient (Wildman–Crippen LogP) is 2.57. The summed E-state index contributed by atoms with van der Waals surface area (Å²) in [6.45, 7) is 3.77. The quantitative estimate of drug-likeness (QED) is 0.838. The number of sulfonamides is 1. The van der Waals surface area contributed by atoms with Crippen LogP contribution in [0.1, 0.15) is 17.5 Å². The van der Waals surface area contributed by atoms with E-state index < -0.39 is 10.0 Å². The number of aromatic nitrogens is 1. The van der Waals surface area contributed by atoms with E-state index >= 15 is 0 Å². The Kier molecular flexibility index (Phi) is 5.34. The van der Waals surface area contributed by atoms with Crippen molar-refractivity contribution < 1.29 is 12.8 Å². The number of pyridine rings is 1.